The lowest BCUT2D eigenvalue weighted by Crippen LogP contribution is -2.29. The van der Waals surface area contributed by atoms with Gasteiger partial charge in [-0.2, -0.15) is 0 Å². The molecule has 0 spiro atoms. The first-order chi connectivity index (χ1) is 12.5. The predicted molar refractivity (Wildman–Crippen MR) is 103 cm³/mol. The zero-order valence-electron chi connectivity index (χ0n) is 15.2. The number of aryl methyl sites for hydroxylation is 2. The molecule has 0 aliphatic carbocycles. The van der Waals surface area contributed by atoms with Gasteiger partial charge < -0.3 is 5.32 Å². The molecule has 5 nitrogen and oxygen atoms in total. The van der Waals surface area contributed by atoms with Crippen LogP contribution in [0.5, 0.6) is 0 Å². The van der Waals surface area contributed by atoms with Gasteiger partial charge in [-0.3, -0.25) is 14.2 Å². The lowest BCUT2D eigenvalue weighted by atomic mass is 10.1. The summed E-state index contributed by atoms with van der Waals surface area (Å²) >= 11 is 0. The van der Waals surface area contributed by atoms with Crippen molar-refractivity contribution in [3.8, 4) is 0 Å². The van der Waals surface area contributed by atoms with Crippen LogP contribution in [0.1, 0.15) is 23.4 Å². The Morgan fingerprint density at radius 3 is 2.58 bits per heavy atom. The Labute approximate surface area is 152 Å². The summed E-state index contributed by atoms with van der Waals surface area (Å²) in [5, 5.41) is 3.53. The number of amides is 1. The van der Waals surface area contributed by atoms with Gasteiger partial charge in [0.25, 0.3) is 5.56 Å². The molecule has 26 heavy (non-hydrogen) atoms. The molecule has 0 saturated carbocycles. The van der Waals surface area contributed by atoms with E-state index in [1.807, 2.05) is 25.1 Å². The molecule has 1 heterocycles. The second kappa shape index (κ2) is 7.95. The second-order valence-electron chi connectivity index (χ2n) is 6.49. The molecule has 1 amide bonds. The van der Waals surface area contributed by atoms with Crippen molar-refractivity contribution in [2.75, 3.05) is 6.54 Å². The number of para-hydroxylation sites is 1. The van der Waals surface area contributed by atoms with E-state index in [-0.39, 0.29) is 11.5 Å². The van der Waals surface area contributed by atoms with E-state index in [4.69, 9.17) is 0 Å². The molecule has 3 rings (SSSR count). The molecule has 0 aliphatic rings. The van der Waals surface area contributed by atoms with E-state index in [9.17, 15) is 9.59 Å². The number of hydrogen-bond donors (Lipinski definition) is 1. The van der Waals surface area contributed by atoms with Gasteiger partial charge in [0.05, 0.1) is 10.9 Å². The molecule has 0 aliphatic heterocycles. The van der Waals surface area contributed by atoms with Crippen molar-refractivity contribution in [1.82, 2.24) is 14.9 Å². The van der Waals surface area contributed by atoms with Crippen molar-refractivity contribution >= 4 is 16.8 Å². The van der Waals surface area contributed by atoms with Crippen LogP contribution < -0.4 is 10.9 Å². The maximum absolute atomic E-state index is 12.4. The molecule has 0 fully saturated rings. The Morgan fingerprint density at radius 2 is 1.81 bits per heavy atom. The fourth-order valence-corrected chi connectivity index (χ4v) is 2.90. The zero-order chi connectivity index (χ0) is 18.5. The third kappa shape index (κ3) is 4.17. The van der Waals surface area contributed by atoms with Crippen LogP contribution in [-0.2, 0) is 24.7 Å². The summed E-state index contributed by atoms with van der Waals surface area (Å²) in [5.41, 5.74) is 3.00. The maximum atomic E-state index is 12.4. The third-order valence-electron chi connectivity index (χ3n) is 4.51. The summed E-state index contributed by atoms with van der Waals surface area (Å²) in [7, 11) is 1.72. The highest BCUT2D eigenvalue weighted by atomic mass is 16.1. The van der Waals surface area contributed by atoms with Crippen LogP contribution in [0.15, 0.2) is 53.3 Å². The fraction of sp³-hybridized carbons (Fsp3) is 0.286. The van der Waals surface area contributed by atoms with Gasteiger partial charge in [-0.05, 0) is 31.0 Å². The van der Waals surface area contributed by atoms with Gasteiger partial charge in [0, 0.05) is 26.4 Å². The summed E-state index contributed by atoms with van der Waals surface area (Å²) in [6.45, 7) is 2.51. The summed E-state index contributed by atoms with van der Waals surface area (Å²) in [4.78, 5) is 28.9. The number of nitrogens with one attached hydrogen (secondary N) is 1. The minimum Gasteiger partial charge on any atom is -0.356 e. The number of aromatic nitrogens is 2. The van der Waals surface area contributed by atoms with E-state index in [0.717, 1.165) is 12.0 Å². The van der Waals surface area contributed by atoms with Gasteiger partial charge in [-0.25, -0.2) is 4.98 Å². The van der Waals surface area contributed by atoms with Crippen LogP contribution in [-0.4, -0.2) is 22.0 Å². The molecule has 0 atom stereocenters. The van der Waals surface area contributed by atoms with Crippen LogP contribution >= 0.6 is 0 Å². The highest BCUT2D eigenvalue weighted by Crippen LogP contribution is 2.08. The maximum Gasteiger partial charge on any atom is 0.261 e. The first kappa shape index (κ1) is 17.9. The van der Waals surface area contributed by atoms with Gasteiger partial charge in [0.1, 0.15) is 5.82 Å². The van der Waals surface area contributed by atoms with Gasteiger partial charge >= 0.3 is 0 Å². The van der Waals surface area contributed by atoms with Gasteiger partial charge in [0.2, 0.25) is 5.91 Å². The normalized spacial score (nSPS) is 10.8. The smallest absolute Gasteiger partial charge is 0.261 e. The molecular formula is C21H23N3O2. The van der Waals surface area contributed by atoms with Crippen molar-refractivity contribution in [3.05, 3.63) is 75.8 Å². The molecule has 0 radical (unpaired) electrons. The van der Waals surface area contributed by atoms with Gasteiger partial charge in [-0.1, -0.05) is 42.0 Å². The minimum atomic E-state index is -0.0590. The number of benzene rings is 2. The monoisotopic (exact) mass is 349 g/mol. The summed E-state index contributed by atoms with van der Waals surface area (Å²) in [6, 6.07) is 15.5. The standard InChI is InChI=1S/C21H23N3O2/c1-15-7-9-16(10-8-15)11-12-20(25)22-14-13-19-23-18-6-4-3-5-17(18)21(26)24(19)2/h3-10H,11-14H2,1-2H3,(H,22,25). The molecule has 3 aromatic rings. The van der Waals surface area contributed by atoms with Crippen molar-refractivity contribution < 1.29 is 4.79 Å². The number of rotatable bonds is 6. The average Bonchev–Trinajstić information content (AvgIpc) is 2.65. The highest BCUT2D eigenvalue weighted by Gasteiger charge is 2.08. The molecule has 0 bridgehead atoms. The van der Waals surface area contributed by atoms with E-state index < -0.39 is 0 Å². The second-order valence-corrected chi connectivity index (χ2v) is 6.49. The zero-order valence-corrected chi connectivity index (χ0v) is 15.2. The number of carbonyl (C=O) groups is 1. The molecule has 1 N–H and O–H groups in total. The quantitative estimate of drug-likeness (QED) is 0.744. The Kier molecular flexibility index (Phi) is 5.46. The van der Waals surface area contributed by atoms with Crippen molar-refractivity contribution in [3.63, 3.8) is 0 Å². The average molecular weight is 349 g/mol. The van der Waals surface area contributed by atoms with E-state index in [1.54, 1.807) is 17.7 Å². The Balaban J connectivity index is 1.55. The van der Waals surface area contributed by atoms with Crippen molar-refractivity contribution in [2.24, 2.45) is 7.05 Å². The van der Waals surface area contributed by atoms with Crippen molar-refractivity contribution in [1.29, 1.82) is 0 Å². The number of nitrogens with zero attached hydrogens (tertiary/aromatic N) is 2. The molecule has 0 saturated heterocycles. The van der Waals surface area contributed by atoms with Gasteiger partial charge in [-0.15, -0.1) is 0 Å². The SMILES string of the molecule is Cc1ccc(CCC(=O)NCCc2nc3ccccc3c(=O)n2C)cc1. The Hall–Kier alpha value is -2.95. The van der Waals surface area contributed by atoms with Crippen LogP contribution in [0.25, 0.3) is 10.9 Å². The number of hydrogen-bond acceptors (Lipinski definition) is 3. The Bertz CT molecular complexity index is 975. The topological polar surface area (TPSA) is 64.0 Å². The molecule has 134 valence electrons. The minimum absolute atomic E-state index is 0.0105. The first-order valence-electron chi connectivity index (χ1n) is 8.81. The van der Waals surface area contributed by atoms with Crippen LogP contribution in [0, 0.1) is 6.92 Å². The van der Waals surface area contributed by atoms with Crippen LogP contribution in [0.3, 0.4) is 0 Å². The Morgan fingerprint density at radius 1 is 1.08 bits per heavy atom. The number of fused-ring (bicyclic) bond motifs is 1. The molecule has 5 heteroatoms. The van der Waals surface area contributed by atoms with E-state index >= 15 is 0 Å². The highest BCUT2D eigenvalue weighted by molar-refractivity contribution is 5.77. The van der Waals surface area contributed by atoms with E-state index in [2.05, 4.69) is 34.6 Å². The summed E-state index contributed by atoms with van der Waals surface area (Å²) < 4.78 is 1.56. The first-order valence-corrected chi connectivity index (χ1v) is 8.81. The van der Waals surface area contributed by atoms with Gasteiger partial charge in [0.15, 0.2) is 0 Å². The van der Waals surface area contributed by atoms with E-state index in [1.165, 1.54) is 5.56 Å². The fourth-order valence-electron chi connectivity index (χ4n) is 2.90. The lowest BCUT2D eigenvalue weighted by Gasteiger charge is -2.10. The summed E-state index contributed by atoms with van der Waals surface area (Å²) in [6.07, 6.45) is 1.69. The third-order valence-corrected chi connectivity index (χ3v) is 4.51. The predicted octanol–water partition coefficient (Wildman–Crippen LogP) is 2.53. The van der Waals surface area contributed by atoms with Crippen molar-refractivity contribution in [2.45, 2.75) is 26.2 Å². The lowest BCUT2D eigenvalue weighted by molar-refractivity contribution is -0.121. The van der Waals surface area contributed by atoms with Crippen LogP contribution in [0.4, 0.5) is 0 Å². The molecule has 2 aromatic carbocycles. The largest absolute Gasteiger partial charge is 0.356 e. The summed E-state index contributed by atoms with van der Waals surface area (Å²) in [5.74, 6) is 0.684. The van der Waals surface area contributed by atoms with E-state index in [0.29, 0.717) is 36.1 Å². The van der Waals surface area contributed by atoms with Crippen LogP contribution in [0.2, 0.25) is 0 Å². The molecule has 0 unspecified atom stereocenters. The molecule has 1 aromatic heterocycles. The molecular weight excluding hydrogens is 326 g/mol. The number of carbonyl (C=O) groups excluding carboxylic acids is 1.